The predicted octanol–water partition coefficient (Wildman–Crippen LogP) is 0.850. The van der Waals surface area contributed by atoms with E-state index in [0.717, 1.165) is 12.2 Å². The monoisotopic (exact) mass is 141 g/mol. The molecule has 50 valence electrons. The van der Waals surface area contributed by atoms with E-state index in [2.05, 4.69) is 18.7 Å². The van der Waals surface area contributed by atoms with Crippen molar-refractivity contribution in [1.29, 1.82) is 0 Å². The predicted molar refractivity (Wildman–Crippen MR) is 46.4 cm³/mol. The van der Waals surface area contributed by atoms with Gasteiger partial charge < -0.3 is 4.90 Å². The van der Waals surface area contributed by atoms with Crippen LogP contribution in [0.2, 0.25) is 6.32 Å². The summed E-state index contributed by atoms with van der Waals surface area (Å²) in [6, 6.07) is 0.611. The Hall–Kier alpha value is -0.0451. The molecule has 0 atom stereocenters. The molecule has 0 N–H and O–H groups in total. The Morgan fingerprint density at radius 2 is 2.33 bits per heavy atom. The lowest BCUT2D eigenvalue weighted by Crippen LogP contribution is -2.31. The van der Waals surface area contributed by atoms with Crippen LogP contribution in [0.15, 0.2) is 0 Å². The van der Waals surface area contributed by atoms with Crippen molar-refractivity contribution in [3.8, 4) is 0 Å². The van der Waals surface area contributed by atoms with Crippen LogP contribution in [0.5, 0.6) is 0 Å². The first-order valence-corrected chi connectivity index (χ1v) is 3.92. The molecule has 0 aliphatic carbocycles. The molecule has 1 heterocycles. The fraction of sp³-hybridized carbons (Fsp3) is 0.833. The molecule has 9 heavy (non-hydrogen) atoms. The van der Waals surface area contributed by atoms with Crippen LogP contribution in [-0.2, 0) is 0 Å². The first kappa shape index (κ1) is 7.07. The molecule has 1 aliphatic heterocycles. The maximum atomic E-state index is 5.14. The molecule has 1 fully saturated rings. The standard InChI is InChI=1S/C6H12BNS/c1-5(2)8-4-3-7-6(8)9/h5,7H,3-4H2,1-2H3. The lowest BCUT2D eigenvalue weighted by Gasteiger charge is -2.22. The quantitative estimate of drug-likeness (QED) is 0.393. The zero-order valence-electron chi connectivity index (χ0n) is 6.05. The van der Waals surface area contributed by atoms with Crippen molar-refractivity contribution in [2.75, 3.05) is 6.54 Å². The van der Waals surface area contributed by atoms with Gasteiger partial charge in [0, 0.05) is 17.5 Å². The molecule has 0 spiro atoms. The van der Waals surface area contributed by atoms with Crippen LogP contribution in [0.1, 0.15) is 13.8 Å². The van der Waals surface area contributed by atoms with E-state index in [0.29, 0.717) is 6.04 Å². The summed E-state index contributed by atoms with van der Waals surface area (Å²) in [6.07, 6.45) is 1.26. The van der Waals surface area contributed by atoms with Gasteiger partial charge in [0.25, 0.3) is 0 Å². The third-order valence-corrected chi connectivity index (χ3v) is 2.17. The van der Waals surface area contributed by atoms with Crippen molar-refractivity contribution < 1.29 is 0 Å². The second kappa shape index (κ2) is 2.69. The fourth-order valence-electron chi connectivity index (χ4n) is 1.22. The number of hydrogen-bond acceptors (Lipinski definition) is 1. The van der Waals surface area contributed by atoms with Crippen LogP contribution >= 0.6 is 12.2 Å². The Kier molecular flexibility index (Phi) is 2.11. The number of hydrogen-bond donors (Lipinski definition) is 0. The third kappa shape index (κ3) is 1.45. The number of thiocarbonyl (C=S) groups is 1. The molecule has 0 aromatic heterocycles. The van der Waals surface area contributed by atoms with Gasteiger partial charge in [-0.1, -0.05) is 18.5 Å². The van der Waals surface area contributed by atoms with Crippen molar-refractivity contribution in [2.45, 2.75) is 26.2 Å². The summed E-state index contributed by atoms with van der Waals surface area (Å²) in [5.74, 6) is 0. The maximum absolute atomic E-state index is 5.14. The van der Waals surface area contributed by atoms with Gasteiger partial charge in [-0.15, -0.1) is 0 Å². The molecule has 0 bridgehead atoms. The van der Waals surface area contributed by atoms with Crippen LogP contribution in [0.4, 0.5) is 0 Å². The topological polar surface area (TPSA) is 3.24 Å². The maximum Gasteiger partial charge on any atom is 0.195 e. The highest BCUT2D eigenvalue weighted by Gasteiger charge is 2.19. The summed E-state index contributed by atoms with van der Waals surface area (Å²) >= 11 is 5.14. The molecule has 0 aromatic carbocycles. The van der Waals surface area contributed by atoms with Crippen LogP contribution < -0.4 is 0 Å². The van der Waals surface area contributed by atoms with Crippen molar-refractivity contribution in [2.24, 2.45) is 0 Å². The highest BCUT2D eigenvalue weighted by Crippen LogP contribution is 2.08. The van der Waals surface area contributed by atoms with Gasteiger partial charge in [-0.2, -0.15) is 0 Å². The number of nitrogens with zero attached hydrogens (tertiary/aromatic N) is 1. The van der Waals surface area contributed by atoms with Crippen molar-refractivity contribution >= 4 is 24.4 Å². The molecule has 1 nitrogen and oxygen atoms in total. The van der Waals surface area contributed by atoms with Crippen molar-refractivity contribution in [3.63, 3.8) is 0 Å². The van der Waals surface area contributed by atoms with E-state index in [9.17, 15) is 0 Å². The fourth-order valence-corrected chi connectivity index (χ4v) is 1.66. The lowest BCUT2D eigenvalue weighted by atomic mass is 9.78. The minimum atomic E-state index is 0.611. The van der Waals surface area contributed by atoms with Gasteiger partial charge in [0.15, 0.2) is 7.28 Å². The van der Waals surface area contributed by atoms with Crippen LogP contribution in [0.3, 0.4) is 0 Å². The second-order valence-corrected chi connectivity index (χ2v) is 3.26. The van der Waals surface area contributed by atoms with Gasteiger partial charge in [-0.3, -0.25) is 0 Å². The van der Waals surface area contributed by atoms with Crippen molar-refractivity contribution in [1.82, 2.24) is 4.90 Å². The van der Waals surface area contributed by atoms with Gasteiger partial charge in [0.1, 0.15) is 0 Å². The van der Waals surface area contributed by atoms with E-state index in [4.69, 9.17) is 12.2 Å². The zero-order valence-corrected chi connectivity index (χ0v) is 6.87. The Labute approximate surface area is 62.7 Å². The summed E-state index contributed by atoms with van der Waals surface area (Å²) in [7, 11) is 1.13. The summed E-state index contributed by atoms with van der Waals surface area (Å²) in [6.45, 7) is 5.56. The molecule has 0 radical (unpaired) electrons. The minimum Gasteiger partial charge on any atom is -0.372 e. The molecule has 3 heteroatoms. The van der Waals surface area contributed by atoms with E-state index < -0.39 is 0 Å². The third-order valence-electron chi connectivity index (χ3n) is 1.73. The van der Waals surface area contributed by atoms with Gasteiger partial charge in [0.2, 0.25) is 0 Å². The summed E-state index contributed by atoms with van der Waals surface area (Å²) < 4.78 is 0. The molecule has 0 amide bonds. The van der Waals surface area contributed by atoms with Crippen LogP contribution in [-0.4, -0.2) is 29.7 Å². The molecule has 1 rings (SSSR count). The Balaban J connectivity index is 2.49. The largest absolute Gasteiger partial charge is 0.372 e. The first-order chi connectivity index (χ1) is 4.22. The molecule has 0 unspecified atom stereocenters. The average molecular weight is 141 g/mol. The Morgan fingerprint density at radius 1 is 1.67 bits per heavy atom. The first-order valence-electron chi connectivity index (χ1n) is 3.51. The molecular formula is C6H12BNS. The van der Waals surface area contributed by atoms with E-state index in [1.807, 2.05) is 0 Å². The minimum absolute atomic E-state index is 0.611. The van der Waals surface area contributed by atoms with Gasteiger partial charge in [-0.25, -0.2) is 0 Å². The zero-order chi connectivity index (χ0) is 6.85. The van der Waals surface area contributed by atoms with Gasteiger partial charge >= 0.3 is 0 Å². The van der Waals surface area contributed by atoms with Crippen LogP contribution in [0.25, 0.3) is 0 Å². The molecule has 1 aliphatic rings. The molecule has 0 saturated carbocycles. The highest BCUT2D eigenvalue weighted by molar-refractivity contribution is 7.83. The molecule has 1 saturated heterocycles. The smallest absolute Gasteiger partial charge is 0.195 e. The Morgan fingerprint density at radius 3 is 2.56 bits per heavy atom. The average Bonchev–Trinajstić information content (AvgIpc) is 2.13. The van der Waals surface area contributed by atoms with E-state index >= 15 is 0 Å². The van der Waals surface area contributed by atoms with E-state index in [-0.39, 0.29) is 0 Å². The van der Waals surface area contributed by atoms with E-state index in [1.165, 1.54) is 12.9 Å². The SMILES string of the molecule is CC(C)N1CCBC1=S. The molecular weight excluding hydrogens is 129 g/mol. The Bertz CT molecular complexity index is 124. The second-order valence-electron chi connectivity index (χ2n) is 2.78. The van der Waals surface area contributed by atoms with Crippen LogP contribution in [0, 0.1) is 0 Å². The normalized spacial score (nSPS) is 19.0. The number of rotatable bonds is 1. The van der Waals surface area contributed by atoms with Crippen molar-refractivity contribution in [3.05, 3.63) is 0 Å². The summed E-state index contributed by atoms with van der Waals surface area (Å²) in [5.41, 5.74) is 0. The molecule has 0 aromatic rings. The lowest BCUT2D eigenvalue weighted by molar-refractivity contribution is 0.388. The summed E-state index contributed by atoms with van der Waals surface area (Å²) in [4.78, 5) is 3.46. The highest BCUT2D eigenvalue weighted by atomic mass is 32.1. The van der Waals surface area contributed by atoms with Gasteiger partial charge in [-0.05, 0) is 13.8 Å². The van der Waals surface area contributed by atoms with E-state index in [1.54, 1.807) is 0 Å². The summed E-state index contributed by atoms with van der Waals surface area (Å²) in [5, 5.41) is 0. The van der Waals surface area contributed by atoms with Gasteiger partial charge in [0.05, 0.1) is 0 Å².